The maximum Gasteiger partial charge on any atom is 0.338 e. The van der Waals surface area contributed by atoms with E-state index in [0.29, 0.717) is 11.3 Å². The molecule has 0 saturated heterocycles. The van der Waals surface area contributed by atoms with Gasteiger partial charge in [0.1, 0.15) is 5.76 Å². The number of hydrogen-bond donors (Lipinski definition) is 1. The summed E-state index contributed by atoms with van der Waals surface area (Å²) in [6, 6.07) is 6.84. The van der Waals surface area contributed by atoms with Crippen molar-refractivity contribution in [3.05, 3.63) is 46.7 Å². The topological polar surface area (TPSA) is 81.4 Å². The summed E-state index contributed by atoms with van der Waals surface area (Å²) in [5.74, 6) is -0.140. The smallest absolute Gasteiger partial charge is 0.338 e. The largest absolute Gasteiger partial charge is 0.449 e. The van der Waals surface area contributed by atoms with Gasteiger partial charge in [-0.2, -0.15) is 0 Å². The molecular formula is C16H18N2O4. The van der Waals surface area contributed by atoms with Crippen molar-refractivity contribution in [3.8, 4) is 0 Å². The fourth-order valence-corrected chi connectivity index (χ4v) is 1.80. The quantitative estimate of drug-likeness (QED) is 0.878. The number of aromatic nitrogens is 1. The molecule has 0 spiro atoms. The molecule has 6 nitrogen and oxygen atoms in total. The van der Waals surface area contributed by atoms with Crippen molar-refractivity contribution in [3.63, 3.8) is 0 Å². The van der Waals surface area contributed by atoms with Crippen LogP contribution in [0.4, 0.5) is 5.82 Å². The average Bonchev–Trinajstić information content (AvgIpc) is 2.86. The molecule has 1 heterocycles. The molecule has 6 heteroatoms. The number of nitrogens with one attached hydrogen (secondary N) is 1. The van der Waals surface area contributed by atoms with Crippen molar-refractivity contribution in [2.24, 2.45) is 0 Å². The summed E-state index contributed by atoms with van der Waals surface area (Å²) < 4.78 is 10.0. The third kappa shape index (κ3) is 3.72. The minimum Gasteiger partial charge on any atom is -0.449 e. The minimum absolute atomic E-state index is 0.288. The van der Waals surface area contributed by atoms with Crippen molar-refractivity contribution < 1.29 is 18.8 Å². The Morgan fingerprint density at radius 1 is 1.18 bits per heavy atom. The van der Waals surface area contributed by atoms with E-state index in [1.165, 1.54) is 6.92 Å². The Bertz CT molecular complexity index is 706. The van der Waals surface area contributed by atoms with Crippen LogP contribution in [0.1, 0.15) is 34.2 Å². The van der Waals surface area contributed by atoms with Crippen LogP contribution in [0.3, 0.4) is 0 Å². The van der Waals surface area contributed by atoms with E-state index in [4.69, 9.17) is 9.26 Å². The number of rotatable bonds is 4. The van der Waals surface area contributed by atoms with Gasteiger partial charge in [0, 0.05) is 6.07 Å². The molecule has 0 bridgehead atoms. The Kier molecular flexibility index (Phi) is 4.60. The molecule has 0 aliphatic heterocycles. The molecule has 0 aliphatic rings. The third-order valence-corrected chi connectivity index (χ3v) is 3.27. The molecule has 0 unspecified atom stereocenters. The summed E-state index contributed by atoms with van der Waals surface area (Å²) in [4.78, 5) is 24.0. The van der Waals surface area contributed by atoms with E-state index in [0.717, 1.165) is 11.1 Å². The molecule has 0 aliphatic carbocycles. The van der Waals surface area contributed by atoms with Crippen molar-refractivity contribution in [2.45, 2.75) is 33.8 Å². The van der Waals surface area contributed by atoms with E-state index in [-0.39, 0.29) is 5.82 Å². The third-order valence-electron chi connectivity index (χ3n) is 3.27. The van der Waals surface area contributed by atoms with Gasteiger partial charge >= 0.3 is 5.97 Å². The summed E-state index contributed by atoms with van der Waals surface area (Å²) in [6.07, 6.45) is -0.939. The van der Waals surface area contributed by atoms with Crippen LogP contribution in [-0.2, 0) is 9.53 Å². The van der Waals surface area contributed by atoms with E-state index in [2.05, 4.69) is 10.5 Å². The van der Waals surface area contributed by atoms with Crippen molar-refractivity contribution in [1.29, 1.82) is 0 Å². The number of aryl methyl sites for hydroxylation is 3. The van der Waals surface area contributed by atoms with Gasteiger partial charge in [-0.1, -0.05) is 11.2 Å². The standard InChI is InChI=1S/C16H18N2O4/c1-9-5-6-13(7-10(9)2)16(20)21-12(4)15(19)17-14-8-11(3)22-18-14/h5-8,12H,1-4H3,(H,17,18,19)/t12-/m1/s1. The van der Waals surface area contributed by atoms with Crippen molar-refractivity contribution >= 4 is 17.7 Å². The zero-order chi connectivity index (χ0) is 16.3. The fourth-order valence-electron chi connectivity index (χ4n) is 1.80. The summed E-state index contributed by atoms with van der Waals surface area (Å²) in [7, 11) is 0. The number of amides is 1. The average molecular weight is 302 g/mol. The Hall–Kier alpha value is -2.63. The van der Waals surface area contributed by atoms with E-state index in [9.17, 15) is 9.59 Å². The highest BCUT2D eigenvalue weighted by molar-refractivity contribution is 5.96. The van der Waals surface area contributed by atoms with E-state index in [1.807, 2.05) is 19.9 Å². The number of hydrogen-bond acceptors (Lipinski definition) is 5. The van der Waals surface area contributed by atoms with Crippen LogP contribution in [0.2, 0.25) is 0 Å². The minimum atomic E-state index is -0.939. The number of nitrogens with zero attached hydrogens (tertiary/aromatic N) is 1. The van der Waals surface area contributed by atoms with Crippen LogP contribution in [-0.4, -0.2) is 23.1 Å². The number of anilines is 1. The van der Waals surface area contributed by atoms with Crippen LogP contribution in [0.5, 0.6) is 0 Å². The zero-order valence-corrected chi connectivity index (χ0v) is 13.0. The fraction of sp³-hybridized carbons (Fsp3) is 0.312. The highest BCUT2D eigenvalue weighted by Crippen LogP contribution is 2.13. The zero-order valence-electron chi connectivity index (χ0n) is 13.0. The predicted molar refractivity (Wildman–Crippen MR) is 80.7 cm³/mol. The molecule has 0 saturated carbocycles. The Morgan fingerprint density at radius 3 is 2.50 bits per heavy atom. The van der Waals surface area contributed by atoms with Crippen LogP contribution in [0.25, 0.3) is 0 Å². The van der Waals surface area contributed by atoms with Gasteiger partial charge in [0.2, 0.25) is 0 Å². The van der Waals surface area contributed by atoms with Crippen LogP contribution < -0.4 is 5.32 Å². The SMILES string of the molecule is Cc1cc(NC(=O)[C@@H](C)OC(=O)c2ccc(C)c(C)c2)no1. The lowest BCUT2D eigenvalue weighted by Gasteiger charge is -2.12. The molecule has 116 valence electrons. The molecule has 0 fully saturated rings. The molecule has 22 heavy (non-hydrogen) atoms. The summed E-state index contributed by atoms with van der Waals surface area (Å²) in [6.45, 7) is 7.09. The number of esters is 1. The first-order valence-electron chi connectivity index (χ1n) is 6.89. The van der Waals surface area contributed by atoms with Gasteiger partial charge < -0.3 is 14.6 Å². The predicted octanol–water partition coefficient (Wildman–Crippen LogP) is 2.78. The molecule has 0 radical (unpaired) electrons. The number of carbonyl (C=O) groups excluding carboxylic acids is 2. The summed E-state index contributed by atoms with van der Waals surface area (Å²) in [5.41, 5.74) is 2.49. The Morgan fingerprint density at radius 2 is 1.91 bits per heavy atom. The number of ether oxygens (including phenoxy) is 1. The molecule has 2 aromatic rings. The second kappa shape index (κ2) is 6.43. The van der Waals surface area contributed by atoms with Gasteiger partial charge in [0.25, 0.3) is 5.91 Å². The van der Waals surface area contributed by atoms with Gasteiger partial charge in [0.15, 0.2) is 11.9 Å². The van der Waals surface area contributed by atoms with Crippen LogP contribution in [0.15, 0.2) is 28.8 Å². The second-order valence-corrected chi connectivity index (χ2v) is 5.16. The second-order valence-electron chi connectivity index (χ2n) is 5.16. The highest BCUT2D eigenvalue weighted by Gasteiger charge is 2.20. The normalized spacial score (nSPS) is 11.8. The molecule has 1 aromatic heterocycles. The van der Waals surface area contributed by atoms with Gasteiger partial charge in [-0.25, -0.2) is 4.79 Å². The van der Waals surface area contributed by atoms with E-state index in [1.54, 1.807) is 25.1 Å². The number of benzene rings is 1. The summed E-state index contributed by atoms with van der Waals surface area (Å²) in [5, 5.41) is 6.17. The van der Waals surface area contributed by atoms with E-state index >= 15 is 0 Å². The van der Waals surface area contributed by atoms with Gasteiger partial charge in [-0.15, -0.1) is 0 Å². The molecule has 1 amide bonds. The van der Waals surface area contributed by atoms with Crippen LogP contribution in [0, 0.1) is 20.8 Å². The molecule has 1 atom stereocenters. The van der Waals surface area contributed by atoms with E-state index < -0.39 is 18.0 Å². The Balaban J connectivity index is 1.98. The first kappa shape index (κ1) is 15.8. The summed E-state index contributed by atoms with van der Waals surface area (Å²) >= 11 is 0. The Labute approximate surface area is 128 Å². The lowest BCUT2D eigenvalue weighted by Crippen LogP contribution is -2.30. The molecule has 1 N–H and O–H groups in total. The molecule has 2 rings (SSSR count). The first-order chi connectivity index (χ1) is 10.4. The van der Waals surface area contributed by atoms with Crippen molar-refractivity contribution in [1.82, 2.24) is 5.16 Å². The lowest BCUT2D eigenvalue weighted by atomic mass is 10.1. The van der Waals surface area contributed by atoms with Gasteiger partial charge in [-0.05, 0) is 51.0 Å². The lowest BCUT2D eigenvalue weighted by molar-refractivity contribution is -0.123. The van der Waals surface area contributed by atoms with Gasteiger partial charge in [0.05, 0.1) is 5.56 Å². The highest BCUT2D eigenvalue weighted by atomic mass is 16.5. The maximum absolute atomic E-state index is 12.0. The molecule has 1 aromatic carbocycles. The molecular weight excluding hydrogens is 284 g/mol. The van der Waals surface area contributed by atoms with Gasteiger partial charge in [-0.3, -0.25) is 4.79 Å². The van der Waals surface area contributed by atoms with Crippen LogP contribution >= 0.6 is 0 Å². The van der Waals surface area contributed by atoms with Crippen molar-refractivity contribution in [2.75, 3.05) is 5.32 Å². The monoisotopic (exact) mass is 302 g/mol. The maximum atomic E-state index is 12.0. The first-order valence-corrected chi connectivity index (χ1v) is 6.89. The number of carbonyl (C=O) groups is 2.